The number of carbonyl (C=O) groups is 1. The highest BCUT2D eigenvalue weighted by Gasteiger charge is 2.28. The summed E-state index contributed by atoms with van der Waals surface area (Å²) in [7, 11) is 0. The first kappa shape index (κ1) is 28.2. The van der Waals surface area contributed by atoms with Crippen molar-refractivity contribution < 1.29 is 19.0 Å². The topological polar surface area (TPSA) is 44.8 Å². The van der Waals surface area contributed by atoms with Crippen LogP contribution in [0, 0.1) is 17.8 Å². The fraction of sp³-hybridized carbons (Fsp3) is 0.679. The third-order valence-electron chi connectivity index (χ3n) is 5.16. The number of allylic oxidation sites excluding steroid dienone is 2. The first-order chi connectivity index (χ1) is 14.9. The van der Waals surface area contributed by atoms with E-state index in [0.29, 0.717) is 18.4 Å². The molecular weight excluding hydrogens is 400 g/mol. The lowest BCUT2D eigenvalue weighted by atomic mass is 9.84. The molecule has 0 aliphatic heterocycles. The van der Waals surface area contributed by atoms with Gasteiger partial charge in [-0.25, -0.2) is 0 Å². The van der Waals surface area contributed by atoms with E-state index >= 15 is 0 Å². The Bertz CT molecular complexity index is 695. The fourth-order valence-corrected chi connectivity index (χ4v) is 3.63. The lowest BCUT2D eigenvalue weighted by molar-refractivity contribution is -0.160. The fourth-order valence-electron chi connectivity index (χ4n) is 3.63. The van der Waals surface area contributed by atoms with Gasteiger partial charge in [0.1, 0.15) is 11.4 Å². The van der Waals surface area contributed by atoms with E-state index in [-0.39, 0.29) is 23.8 Å². The van der Waals surface area contributed by atoms with E-state index in [2.05, 4.69) is 45.9 Å². The van der Waals surface area contributed by atoms with Crippen molar-refractivity contribution in [1.82, 2.24) is 0 Å². The zero-order valence-corrected chi connectivity index (χ0v) is 21.9. The minimum atomic E-state index is -0.365. The SMILES string of the molecule is CC(C)C1=CCCC(C(=O)OC(C)(C)C)C1.CCOC(C)Oc1ccc(CC(C)C)cc1. The van der Waals surface area contributed by atoms with Crippen molar-refractivity contribution in [3.05, 3.63) is 41.5 Å². The van der Waals surface area contributed by atoms with Crippen LogP contribution in [0.5, 0.6) is 5.75 Å². The highest BCUT2D eigenvalue weighted by molar-refractivity contribution is 5.73. The molecule has 0 bridgehead atoms. The predicted molar refractivity (Wildman–Crippen MR) is 133 cm³/mol. The van der Waals surface area contributed by atoms with Gasteiger partial charge in [-0.15, -0.1) is 0 Å². The Morgan fingerprint density at radius 2 is 1.69 bits per heavy atom. The molecule has 0 spiro atoms. The number of carbonyl (C=O) groups excluding carboxylic acids is 1. The Balaban J connectivity index is 0.000000320. The molecule has 0 aromatic heterocycles. The number of esters is 1. The van der Waals surface area contributed by atoms with Crippen molar-refractivity contribution in [3.63, 3.8) is 0 Å². The standard InChI is InChI=1S/C14H24O2.C14H22O2/c1-10(2)11-7-6-8-12(9-11)13(15)16-14(3,4)5;1-5-15-12(4)16-14-8-6-13(7-9-14)10-11(2)3/h7,10,12H,6,8-9H2,1-5H3;6-9,11-12H,5,10H2,1-4H3. The molecule has 0 radical (unpaired) electrons. The minimum absolute atomic E-state index is 0.0289. The van der Waals surface area contributed by atoms with Crippen molar-refractivity contribution in [3.8, 4) is 5.75 Å². The highest BCUT2D eigenvalue weighted by atomic mass is 16.7. The van der Waals surface area contributed by atoms with E-state index in [0.717, 1.165) is 31.4 Å². The van der Waals surface area contributed by atoms with Crippen molar-refractivity contribution in [1.29, 1.82) is 0 Å². The summed E-state index contributed by atoms with van der Waals surface area (Å²) in [5.74, 6) is 2.15. The quantitative estimate of drug-likeness (QED) is 0.238. The van der Waals surface area contributed by atoms with Crippen molar-refractivity contribution in [2.24, 2.45) is 17.8 Å². The molecule has 0 fully saturated rings. The normalized spacial score (nSPS) is 17.3. The zero-order chi connectivity index (χ0) is 24.3. The van der Waals surface area contributed by atoms with Crippen molar-refractivity contribution >= 4 is 5.97 Å². The average Bonchev–Trinajstić information content (AvgIpc) is 2.68. The molecular formula is C28H46O4. The van der Waals surface area contributed by atoms with Gasteiger partial charge in [0.15, 0.2) is 6.29 Å². The van der Waals surface area contributed by atoms with Crippen LogP contribution in [0.2, 0.25) is 0 Å². The summed E-state index contributed by atoms with van der Waals surface area (Å²) in [5.41, 5.74) is 2.39. The van der Waals surface area contributed by atoms with Gasteiger partial charge >= 0.3 is 5.97 Å². The first-order valence-electron chi connectivity index (χ1n) is 12.2. The third-order valence-corrected chi connectivity index (χ3v) is 5.16. The van der Waals surface area contributed by atoms with Gasteiger partial charge in [-0.05, 0) is 89.8 Å². The largest absolute Gasteiger partial charge is 0.465 e. The van der Waals surface area contributed by atoms with Crippen molar-refractivity contribution in [2.75, 3.05) is 6.61 Å². The van der Waals surface area contributed by atoms with E-state index < -0.39 is 0 Å². The van der Waals surface area contributed by atoms with Gasteiger partial charge < -0.3 is 14.2 Å². The number of benzene rings is 1. The van der Waals surface area contributed by atoms with Crippen LogP contribution in [0.1, 0.15) is 87.1 Å². The summed E-state index contributed by atoms with van der Waals surface area (Å²) in [6, 6.07) is 8.25. The Kier molecular flexibility index (Phi) is 12.1. The van der Waals surface area contributed by atoms with Crippen LogP contribution in [-0.4, -0.2) is 24.5 Å². The second-order valence-corrected chi connectivity index (χ2v) is 10.3. The highest BCUT2D eigenvalue weighted by Crippen LogP contribution is 2.30. The zero-order valence-electron chi connectivity index (χ0n) is 21.9. The number of rotatable bonds is 8. The summed E-state index contributed by atoms with van der Waals surface area (Å²) in [5, 5.41) is 0. The Hall–Kier alpha value is -1.81. The minimum Gasteiger partial charge on any atom is -0.465 e. The van der Waals surface area contributed by atoms with Crippen LogP contribution in [0.15, 0.2) is 35.9 Å². The number of hydrogen-bond acceptors (Lipinski definition) is 4. The molecule has 1 aromatic carbocycles. The Morgan fingerprint density at radius 3 is 2.19 bits per heavy atom. The smallest absolute Gasteiger partial charge is 0.309 e. The predicted octanol–water partition coefficient (Wildman–Crippen LogP) is 7.36. The van der Waals surface area contributed by atoms with Gasteiger partial charge in [0.2, 0.25) is 0 Å². The molecule has 1 aromatic rings. The summed E-state index contributed by atoms with van der Waals surface area (Å²) in [4.78, 5) is 11.9. The van der Waals surface area contributed by atoms with Crippen LogP contribution in [-0.2, 0) is 20.7 Å². The number of ether oxygens (including phenoxy) is 3. The van der Waals surface area contributed by atoms with E-state index in [4.69, 9.17) is 14.2 Å². The van der Waals surface area contributed by atoms with Crippen LogP contribution in [0.25, 0.3) is 0 Å². The maximum Gasteiger partial charge on any atom is 0.309 e. The maximum absolute atomic E-state index is 11.9. The Morgan fingerprint density at radius 1 is 1.06 bits per heavy atom. The van der Waals surface area contributed by atoms with Gasteiger partial charge in [0.25, 0.3) is 0 Å². The second-order valence-electron chi connectivity index (χ2n) is 10.3. The third kappa shape index (κ3) is 11.7. The second kappa shape index (κ2) is 13.7. The summed E-state index contributed by atoms with van der Waals surface area (Å²) < 4.78 is 16.3. The molecule has 0 heterocycles. The summed E-state index contributed by atoms with van der Waals surface area (Å²) in [6.07, 6.45) is 6.04. The first-order valence-corrected chi connectivity index (χ1v) is 12.2. The van der Waals surface area contributed by atoms with Gasteiger partial charge in [0.05, 0.1) is 5.92 Å². The summed E-state index contributed by atoms with van der Waals surface area (Å²) >= 11 is 0. The van der Waals surface area contributed by atoms with E-state index in [1.807, 2.05) is 46.8 Å². The molecule has 0 saturated heterocycles. The molecule has 0 saturated carbocycles. The van der Waals surface area contributed by atoms with E-state index in [9.17, 15) is 4.79 Å². The molecule has 2 atom stereocenters. The molecule has 1 aliphatic rings. The molecule has 2 rings (SSSR count). The van der Waals surface area contributed by atoms with Crippen LogP contribution < -0.4 is 4.74 Å². The molecule has 4 heteroatoms. The number of hydrogen-bond donors (Lipinski definition) is 0. The lowest BCUT2D eigenvalue weighted by Gasteiger charge is -2.27. The van der Waals surface area contributed by atoms with Gasteiger partial charge in [-0.3, -0.25) is 4.79 Å². The van der Waals surface area contributed by atoms with Gasteiger partial charge in [-0.2, -0.15) is 0 Å². The summed E-state index contributed by atoms with van der Waals surface area (Å²) in [6.45, 7) is 19.1. The monoisotopic (exact) mass is 446 g/mol. The van der Waals surface area contributed by atoms with Gasteiger partial charge in [-0.1, -0.05) is 51.5 Å². The van der Waals surface area contributed by atoms with E-state index in [1.54, 1.807) is 0 Å². The van der Waals surface area contributed by atoms with Crippen LogP contribution in [0.3, 0.4) is 0 Å². The molecule has 4 nitrogen and oxygen atoms in total. The maximum atomic E-state index is 11.9. The molecule has 2 unspecified atom stereocenters. The molecule has 0 amide bonds. The average molecular weight is 447 g/mol. The lowest BCUT2D eigenvalue weighted by Crippen LogP contribution is -2.30. The van der Waals surface area contributed by atoms with E-state index in [1.165, 1.54) is 11.1 Å². The van der Waals surface area contributed by atoms with Gasteiger partial charge in [0, 0.05) is 6.61 Å². The molecule has 0 N–H and O–H groups in total. The molecule has 1 aliphatic carbocycles. The molecule has 182 valence electrons. The molecule has 32 heavy (non-hydrogen) atoms. The van der Waals surface area contributed by atoms with Crippen LogP contribution in [0.4, 0.5) is 0 Å². The van der Waals surface area contributed by atoms with Crippen molar-refractivity contribution in [2.45, 2.75) is 99.9 Å². The Labute approximate surface area is 196 Å². The van der Waals surface area contributed by atoms with Crippen LogP contribution >= 0.6 is 0 Å².